The maximum absolute atomic E-state index is 9.64. The van der Waals surface area contributed by atoms with Crippen LogP contribution in [0.4, 0.5) is 5.82 Å². The highest BCUT2D eigenvalue weighted by Gasteiger charge is 2.21. The SMILES string of the molecule is Cc1cc2c(C#N)c(N)n(-c3c(C)ccc4ncccc34)c2nc1C. The van der Waals surface area contributed by atoms with Crippen molar-refractivity contribution in [2.75, 3.05) is 5.73 Å². The largest absolute Gasteiger partial charge is 0.384 e. The van der Waals surface area contributed by atoms with Gasteiger partial charge in [0, 0.05) is 22.7 Å². The third-order valence-electron chi connectivity index (χ3n) is 4.72. The van der Waals surface area contributed by atoms with Crippen LogP contribution in [0.2, 0.25) is 0 Å². The maximum atomic E-state index is 9.64. The molecule has 0 amide bonds. The summed E-state index contributed by atoms with van der Waals surface area (Å²) in [6, 6.07) is 12.2. The summed E-state index contributed by atoms with van der Waals surface area (Å²) in [6.07, 6.45) is 1.77. The number of fused-ring (bicyclic) bond motifs is 2. The van der Waals surface area contributed by atoms with Crippen molar-refractivity contribution >= 4 is 27.8 Å². The summed E-state index contributed by atoms with van der Waals surface area (Å²) in [4.78, 5) is 9.18. The highest BCUT2D eigenvalue weighted by Crippen LogP contribution is 2.35. The first-order valence-electron chi connectivity index (χ1n) is 8.06. The number of rotatable bonds is 1. The number of nitrogens with zero attached hydrogens (tertiary/aromatic N) is 4. The van der Waals surface area contributed by atoms with Gasteiger partial charge in [-0.1, -0.05) is 6.07 Å². The van der Waals surface area contributed by atoms with Gasteiger partial charge in [-0.3, -0.25) is 9.55 Å². The van der Waals surface area contributed by atoms with Crippen LogP contribution in [0.25, 0.3) is 27.6 Å². The molecule has 4 rings (SSSR count). The van der Waals surface area contributed by atoms with E-state index in [0.717, 1.165) is 38.8 Å². The van der Waals surface area contributed by atoms with Crippen molar-refractivity contribution in [3.05, 3.63) is 58.9 Å². The number of pyridine rings is 2. The second kappa shape index (κ2) is 5.32. The molecule has 0 radical (unpaired) electrons. The van der Waals surface area contributed by atoms with Gasteiger partial charge in [-0.15, -0.1) is 0 Å². The quantitative estimate of drug-likeness (QED) is 0.574. The Balaban J connectivity index is 2.24. The Bertz CT molecular complexity index is 1190. The van der Waals surface area contributed by atoms with Gasteiger partial charge >= 0.3 is 0 Å². The molecule has 0 saturated heterocycles. The zero-order valence-electron chi connectivity index (χ0n) is 14.3. The van der Waals surface area contributed by atoms with E-state index in [9.17, 15) is 5.26 Å². The third-order valence-corrected chi connectivity index (χ3v) is 4.72. The Morgan fingerprint density at radius 3 is 2.64 bits per heavy atom. The fourth-order valence-corrected chi connectivity index (χ4v) is 3.30. The molecular formula is C20H17N5. The average molecular weight is 327 g/mol. The average Bonchev–Trinajstić information content (AvgIpc) is 2.86. The van der Waals surface area contributed by atoms with Gasteiger partial charge in [-0.25, -0.2) is 4.98 Å². The molecule has 0 aliphatic rings. The number of hydrogen-bond donors (Lipinski definition) is 1. The van der Waals surface area contributed by atoms with Crippen LogP contribution in [0.15, 0.2) is 36.5 Å². The third kappa shape index (κ3) is 2.08. The van der Waals surface area contributed by atoms with Gasteiger partial charge in [0.2, 0.25) is 0 Å². The van der Waals surface area contributed by atoms with E-state index in [1.165, 1.54) is 0 Å². The van der Waals surface area contributed by atoms with E-state index in [1.54, 1.807) is 6.20 Å². The Hall–Kier alpha value is -3.39. The number of anilines is 1. The Kier molecular flexibility index (Phi) is 3.22. The van der Waals surface area contributed by atoms with Gasteiger partial charge in [0.15, 0.2) is 0 Å². The number of nitriles is 1. The number of nitrogens with two attached hydrogens (primary N) is 1. The summed E-state index contributed by atoms with van der Waals surface area (Å²) < 4.78 is 1.89. The van der Waals surface area contributed by atoms with Crippen molar-refractivity contribution in [1.82, 2.24) is 14.5 Å². The van der Waals surface area contributed by atoms with Crippen LogP contribution in [0.3, 0.4) is 0 Å². The first kappa shape index (κ1) is 15.2. The molecule has 0 fully saturated rings. The lowest BCUT2D eigenvalue weighted by Crippen LogP contribution is -2.05. The van der Waals surface area contributed by atoms with Gasteiger partial charge in [0.25, 0.3) is 0 Å². The molecule has 0 saturated carbocycles. The molecule has 2 N–H and O–H groups in total. The van der Waals surface area contributed by atoms with E-state index in [2.05, 4.69) is 11.1 Å². The maximum Gasteiger partial charge on any atom is 0.147 e. The Labute approximate surface area is 145 Å². The molecular weight excluding hydrogens is 310 g/mol. The van der Waals surface area contributed by atoms with E-state index in [4.69, 9.17) is 10.7 Å². The minimum Gasteiger partial charge on any atom is -0.384 e. The molecule has 3 aromatic heterocycles. The standard InChI is InChI=1S/C20H17N5/c1-11-6-7-17-14(5-4-8-23-17)18(11)25-19(22)16(10-21)15-9-12(2)13(3)24-20(15)25/h4-9H,22H2,1-3H3. The predicted octanol–water partition coefficient (Wildman–Crippen LogP) is 3.95. The zero-order valence-corrected chi connectivity index (χ0v) is 14.3. The molecule has 0 spiro atoms. The molecule has 4 aromatic rings. The fraction of sp³-hybridized carbons (Fsp3) is 0.150. The van der Waals surface area contributed by atoms with E-state index in [1.807, 2.05) is 55.7 Å². The van der Waals surface area contributed by atoms with Gasteiger partial charge in [0.05, 0.1) is 11.2 Å². The van der Waals surface area contributed by atoms with Gasteiger partial charge in [0.1, 0.15) is 23.1 Å². The minimum atomic E-state index is 0.412. The topological polar surface area (TPSA) is 80.5 Å². The van der Waals surface area contributed by atoms with Crippen LogP contribution < -0.4 is 5.73 Å². The van der Waals surface area contributed by atoms with E-state index >= 15 is 0 Å². The summed E-state index contributed by atoms with van der Waals surface area (Å²) >= 11 is 0. The van der Waals surface area contributed by atoms with E-state index in [0.29, 0.717) is 17.0 Å². The van der Waals surface area contributed by atoms with Gasteiger partial charge in [-0.05, 0) is 56.2 Å². The molecule has 122 valence electrons. The predicted molar refractivity (Wildman–Crippen MR) is 99.7 cm³/mol. The van der Waals surface area contributed by atoms with Crippen molar-refractivity contribution in [1.29, 1.82) is 5.26 Å². The molecule has 0 bridgehead atoms. The number of aromatic nitrogens is 3. The van der Waals surface area contributed by atoms with Gasteiger partial charge in [-0.2, -0.15) is 5.26 Å². The molecule has 0 aliphatic carbocycles. The van der Waals surface area contributed by atoms with Crippen LogP contribution in [0.5, 0.6) is 0 Å². The molecule has 3 heterocycles. The fourth-order valence-electron chi connectivity index (χ4n) is 3.30. The Morgan fingerprint density at radius 1 is 1.08 bits per heavy atom. The van der Waals surface area contributed by atoms with Crippen LogP contribution in [-0.2, 0) is 0 Å². The van der Waals surface area contributed by atoms with E-state index < -0.39 is 0 Å². The van der Waals surface area contributed by atoms with Gasteiger partial charge < -0.3 is 5.73 Å². The Morgan fingerprint density at radius 2 is 1.88 bits per heavy atom. The summed E-state index contributed by atoms with van der Waals surface area (Å²) in [5, 5.41) is 11.4. The van der Waals surface area contributed by atoms with Crippen LogP contribution in [0.1, 0.15) is 22.4 Å². The van der Waals surface area contributed by atoms with Crippen molar-refractivity contribution < 1.29 is 0 Å². The summed E-state index contributed by atoms with van der Waals surface area (Å²) in [6.45, 7) is 5.98. The van der Waals surface area contributed by atoms with Crippen molar-refractivity contribution in [3.8, 4) is 11.8 Å². The van der Waals surface area contributed by atoms with Crippen LogP contribution in [0, 0.1) is 32.1 Å². The zero-order chi connectivity index (χ0) is 17.7. The van der Waals surface area contributed by atoms with Crippen LogP contribution >= 0.6 is 0 Å². The molecule has 5 heteroatoms. The number of nitrogen functional groups attached to an aromatic ring is 1. The van der Waals surface area contributed by atoms with Crippen molar-refractivity contribution in [2.24, 2.45) is 0 Å². The molecule has 1 aromatic carbocycles. The minimum absolute atomic E-state index is 0.412. The number of benzene rings is 1. The van der Waals surface area contributed by atoms with Crippen molar-refractivity contribution in [3.63, 3.8) is 0 Å². The molecule has 25 heavy (non-hydrogen) atoms. The molecule has 0 atom stereocenters. The first-order valence-corrected chi connectivity index (χ1v) is 8.06. The highest BCUT2D eigenvalue weighted by molar-refractivity contribution is 5.97. The molecule has 0 unspecified atom stereocenters. The number of aryl methyl sites for hydroxylation is 3. The van der Waals surface area contributed by atoms with Crippen molar-refractivity contribution in [2.45, 2.75) is 20.8 Å². The molecule has 5 nitrogen and oxygen atoms in total. The summed E-state index contributed by atoms with van der Waals surface area (Å²) in [5.41, 5.74) is 12.4. The lowest BCUT2D eigenvalue weighted by molar-refractivity contribution is 1.07. The highest BCUT2D eigenvalue weighted by atomic mass is 15.1. The van der Waals surface area contributed by atoms with E-state index in [-0.39, 0.29) is 0 Å². The lowest BCUT2D eigenvalue weighted by Gasteiger charge is -2.14. The normalized spacial score (nSPS) is 11.1. The summed E-state index contributed by atoms with van der Waals surface area (Å²) in [5.74, 6) is 0.412. The molecule has 0 aliphatic heterocycles. The second-order valence-corrected chi connectivity index (χ2v) is 6.27. The summed E-state index contributed by atoms with van der Waals surface area (Å²) in [7, 11) is 0. The monoisotopic (exact) mass is 327 g/mol. The lowest BCUT2D eigenvalue weighted by atomic mass is 10.1. The second-order valence-electron chi connectivity index (χ2n) is 6.27. The van der Waals surface area contributed by atoms with Crippen LogP contribution in [-0.4, -0.2) is 14.5 Å². The first-order chi connectivity index (χ1) is 12.0. The number of hydrogen-bond acceptors (Lipinski definition) is 4. The smallest absolute Gasteiger partial charge is 0.147 e.